The minimum atomic E-state index is 0.523. The standard InChI is InChI=1S/C38H32S4/c1-3-7-21(8-4-1)29-15-17-31(39-29)33-19-27-23-11-14-26-36-24(12-13-25(35(23)36)37(27)41-33)28-20-34(42-38(26)28)32-18-16-30(40-32)22-9-5-2-6-10-22/h1,3-5,7-14,17-18,20,27-30,33,37-38H,2,6,15-16,19H2. The van der Waals surface area contributed by atoms with Crippen molar-refractivity contribution in [2.24, 2.45) is 0 Å². The number of hydrogen-bond donors (Lipinski definition) is 0. The van der Waals surface area contributed by atoms with Crippen molar-refractivity contribution >= 4 is 57.8 Å². The van der Waals surface area contributed by atoms with E-state index in [-0.39, 0.29) is 0 Å². The van der Waals surface area contributed by atoms with Crippen LogP contribution in [0.2, 0.25) is 0 Å². The second-order valence-corrected chi connectivity index (χ2v) is 17.7. The lowest BCUT2D eigenvalue weighted by molar-refractivity contribution is 0.687. The summed E-state index contributed by atoms with van der Waals surface area (Å²) >= 11 is 8.65. The molecule has 42 heavy (non-hydrogen) atoms. The van der Waals surface area contributed by atoms with Crippen LogP contribution in [0.4, 0.5) is 0 Å². The third kappa shape index (κ3) is 3.74. The Balaban J connectivity index is 0.910. The van der Waals surface area contributed by atoms with Crippen molar-refractivity contribution in [3.63, 3.8) is 0 Å². The summed E-state index contributed by atoms with van der Waals surface area (Å²) in [5, 5.41) is 6.27. The molecule has 0 radical (unpaired) electrons. The van der Waals surface area contributed by atoms with Gasteiger partial charge in [0.1, 0.15) is 0 Å². The lowest BCUT2D eigenvalue weighted by atomic mass is 9.94. The van der Waals surface area contributed by atoms with E-state index in [1.54, 1.807) is 43.5 Å². The molecule has 3 aliphatic carbocycles. The van der Waals surface area contributed by atoms with Gasteiger partial charge in [0.05, 0.1) is 0 Å². The van der Waals surface area contributed by atoms with Gasteiger partial charge in [-0.15, -0.1) is 47.0 Å². The van der Waals surface area contributed by atoms with Gasteiger partial charge < -0.3 is 0 Å². The van der Waals surface area contributed by atoms with Crippen LogP contribution in [-0.4, -0.2) is 10.5 Å². The van der Waals surface area contributed by atoms with Gasteiger partial charge in [0.2, 0.25) is 0 Å². The average Bonchev–Trinajstić information content (AvgIpc) is 3.87. The smallest absolute Gasteiger partial charge is 0.0454 e. The number of hydrogen-bond acceptors (Lipinski definition) is 4. The molecule has 1 saturated heterocycles. The molecule has 0 bridgehead atoms. The summed E-state index contributed by atoms with van der Waals surface area (Å²) in [7, 11) is 0. The Hall–Kier alpha value is -1.98. The molecule has 7 unspecified atom stereocenters. The normalized spacial score (nSPS) is 33.6. The van der Waals surface area contributed by atoms with E-state index in [1.165, 1.54) is 47.5 Å². The second kappa shape index (κ2) is 9.76. The summed E-state index contributed by atoms with van der Waals surface area (Å²) < 4.78 is 0. The molecule has 0 N–H and O–H groups in total. The van der Waals surface area contributed by atoms with Crippen LogP contribution >= 0.6 is 47.0 Å². The highest BCUT2D eigenvalue weighted by molar-refractivity contribution is 8.09. The molecule has 208 valence electrons. The van der Waals surface area contributed by atoms with E-state index in [1.807, 2.05) is 0 Å². The van der Waals surface area contributed by atoms with Crippen molar-refractivity contribution in [2.45, 2.75) is 70.2 Å². The molecule has 4 aliphatic heterocycles. The molecule has 10 rings (SSSR count). The fourth-order valence-corrected chi connectivity index (χ4v) is 14.7. The molecular weight excluding hydrogens is 585 g/mol. The maximum absolute atomic E-state index is 2.63. The summed E-state index contributed by atoms with van der Waals surface area (Å²) in [5.41, 5.74) is 9.50. The van der Waals surface area contributed by atoms with Gasteiger partial charge in [-0.05, 0) is 81.2 Å². The highest BCUT2D eigenvalue weighted by Gasteiger charge is 2.48. The topological polar surface area (TPSA) is 0 Å². The molecule has 0 aromatic heterocycles. The summed E-state index contributed by atoms with van der Waals surface area (Å²) in [5.74, 6) is 1.19. The van der Waals surface area contributed by atoms with Crippen LogP contribution in [-0.2, 0) is 0 Å². The van der Waals surface area contributed by atoms with Crippen molar-refractivity contribution in [3.8, 4) is 0 Å². The molecule has 0 spiro atoms. The third-order valence-corrected chi connectivity index (χ3v) is 16.6. The van der Waals surface area contributed by atoms with E-state index < -0.39 is 0 Å². The van der Waals surface area contributed by atoms with Gasteiger partial charge in [-0.2, -0.15) is 0 Å². The lowest BCUT2D eigenvalue weighted by Crippen LogP contribution is -2.02. The SMILES string of the molecule is C1=CC(C2CC=C(C3=CC4c5ccc6c7c(ccc(c57)C4S3)C3CC(C4=CCC(c5ccccc5)S4)SC63)S2)=CCC1. The Kier molecular flexibility index (Phi) is 5.89. The molecule has 4 heterocycles. The summed E-state index contributed by atoms with van der Waals surface area (Å²) in [6, 6.07) is 21.3. The lowest BCUT2D eigenvalue weighted by Gasteiger charge is -2.16. The van der Waals surface area contributed by atoms with Gasteiger partial charge in [0, 0.05) is 47.9 Å². The van der Waals surface area contributed by atoms with Crippen LogP contribution in [0.3, 0.4) is 0 Å². The number of allylic oxidation sites excluding steroid dienone is 6. The predicted molar refractivity (Wildman–Crippen MR) is 187 cm³/mol. The molecule has 0 nitrogen and oxygen atoms in total. The minimum Gasteiger partial charge on any atom is -0.144 e. The fourth-order valence-electron chi connectivity index (χ4n) is 8.52. The third-order valence-electron chi connectivity index (χ3n) is 10.4. The van der Waals surface area contributed by atoms with E-state index in [4.69, 9.17) is 0 Å². The van der Waals surface area contributed by atoms with Crippen LogP contribution in [0.1, 0.15) is 87.5 Å². The number of thioether (sulfide) groups is 4. The summed E-state index contributed by atoms with van der Waals surface area (Å²) in [6.07, 6.45) is 20.9. The number of benzene rings is 3. The highest BCUT2D eigenvalue weighted by atomic mass is 32.2. The molecule has 1 fully saturated rings. The van der Waals surface area contributed by atoms with Crippen LogP contribution in [0.5, 0.6) is 0 Å². The molecule has 3 aromatic carbocycles. The fraction of sp³-hybridized carbons (Fsp3) is 0.316. The Morgan fingerprint density at radius 2 is 1.43 bits per heavy atom. The predicted octanol–water partition coefficient (Wildman–Crippen LogP) is 11.7. The van der Waals surface area contributed by atoms with Gasteiger partial charge in [-0.3, -0.25) is 0 Å². The van der Waals surface area contributed by atoms with Crippen LogP contribution in [0, 0.1) is 0 Å². The molecule has 4 heteroatoms. The van der Waals surface area contributed by atoms with Crippen LogP contribution in [0.25, 0.3) is 10.8 Å². The molecule has 0 amide bonds. The van der Waals surface area contributed by atoms with Gasteiger partial charge in [0.25, 0.3) is 0 Å². The zero-order valence-electron chi connectivity index (χ0n) is 23.4. The van der Waals surface area contributed by atoms with Crippen LogP contribution < -0.4 is 0 Å². The average molecular weight is 617 g/mol. The van der Waals surface area contributed by atoms with E-state index in [9.17, 15) is 0 Å². The van der Waals surface area contributed by atoms with E-state index >= 15 is 0 Å². The minimum absolute atomic E-state index is 0.523. The Morgan fingerprint density at radius 1 is 0.619 bits per heavy atom. The van der Waals surface area contributed by atoms with Crippen molar-refractivity contribution in [1.29, 1.82) is 0 Å². The molecular formula is C38H32S4. The first-order chi connectivity index (χ1) is 20.8. The molecule has 0 saturated carbocycles. The largest absolute Gasteiger partial charge is 0.144 e. The summed E-state index contributed by atoms with van der Waals surface area (Å²) in [4.78, 5) is 4.70. The molecule has 7 atom stereocenters. The maximum atomic E-state index is 2.63. The zero-order chi connectivity index (χ0) is 27.4. The molecule has 3 aromatic rings. The van der Waals surface area contributed by atoms with Gasteiger partial charge >= 0.3 is 0 Å². The van der Waals surface area contributed by atoms with Crippen molar-refractivity contribution in [3.05, 3.63) is 139 Å². The highest BCUT2D eigenvalue weighted by Crippen LogP contribution is 2.68. The second-order valence-electron chi connectivity index (χ2n) is 12.7. The van der Waals surface area contributed by atoms with E-state index in [0.29, 0.717) is 38.1 Å². The van der Waals surface area contributed by atoms with Crippen LogP contribution in [0.15, 0.2) is 111 Å². The summed E-state index contributed by atoms with van der Waals surface area (Å²) in [6.45, 7) is 0. The van der Waals surface area contributed by atoms with Gasteiger partial charge in [0.15, 0.2) is 0 Å². The Labute approximate surface area is 265 Å². The number of fused-ring (bicyclic) bond motifs is 6. The van der Waals surface area contributed by atoms with E-state index in [0.717, 1.165) is 0 Å². The zero-order valence-corrected chi connectivity index (χ0v) is 26.6. The number of rotatable bonds is 4. The Morgan fingerprint density at radius 3 is 2.31 bits per heavy atom. The first kappa shape index (κ1) is 25.4. The van der Waals surface area contributed by atoms with Gasteiger partial charge in [-0.25, -0.2) is 0 Å². The maximum Gasteiger partial charge on any atom is 0.0454 e. The first-order valence-electron chi connectivity index (χ1n) is 15.6. The van der Waals surface area contributed by atoms with E-state index in [2.05, 4.69) is 138 Å². The van der Waals surface area contributed by atoms with Gasteiger partial charge in [-0.1, -0.05) is 91.1 Å². The van der Waals surface area contributed by atoms with Crippen molar-refractivity contribution in [1.82, 2.24) is 0 Å². The first-order valence-corrected chi connectivity index (χ1v) is 19.2. The molecule has 7 aliphatic rings. The quantitative estimate of drug-likeness (QED) is 0.286. The van der Waals surface area contributed by atoms with Crippen molar-refractivity contribution < 1.29 is 0 Å². The van der Waals surface area contributed by atoms with Crippen molar-refractivity contribution in [2.75, 3.05) is 0 Å². The monoisotopic (exact) mass is 616 g/mol. The Bertz CT molecular complexity index is 1790.